The van der Waals surface area contributed by atoms with Crippen molar-refractivity contribution in [3.8, 4) is 0 Å². The Morgan fingerprint density at radius 3 is 2.89 bits per heavy atom. The van der Waals surface area contributed by atoms with Gasteiger partial charge in [0.15, 0.2) is 0 Å². The maximum atomic E-state index is 11.4. The van der Waals surface area contributed by atoms with Gasteiger partial charge in [-0.2, -0.15) is 0 Å². The molecule has 0 aliphatic carbocycles. The number of nitrogens with two attached hydrogens (primary N) is 1. The van der Waals surface area contributed by atoms with Crippen molar-refractivity contribution in [3.63, 3.8) is 0 Å². The molecule has 5 heteroatoms. The summed E-state index contributed by atoms with van der Waals surface area (Å²) in [6, 6.07) is -0.0123. The van der Waals surface area contributed by atoms with E-state index in [1.54, 1.807) is 12.5 Å². The molecule has 0 radical (unpaired) electrons. The molecule has 1 unspecified atom stereocenters. The molecular weight excluding hydrogens is 228 g/mol. The van der Waals surface area contributed by atoms with Crippen molar-refractivity contribution in [1.82, 2.24) is 14.9 Å². The highest BCUT2D eigenvalue weighted by molar-refractivity contribution is 5.75. The van der Waals surface area contributed by atoms with Crippen molar-refractivity contribution in [2.45, 2.75) is 46.2 Å². The van der Waals surface area contributed by atoms with E-state index in [0.29, 0.717) is 25.4 Å². The second-order valence-corrected chi connectivity index (χ2v) is 4.95. The minimum absolute atomic E-state index is 0.0123. The summed E-state index contributed by atoms with van der Waals surface area (Å²) in [4.78, 5) is 15.5. The minimum Gasteiger partial charge on any atom is -0.356 e. The van der Waals surface area contributed by atoms with Crippen molar-refractivity contribution in [3.05, 3.63) is 18.2 Å². The lowest BCUT2D eigenvalue weighted by Crippen LogP contribution is -2.24. The topological polar surface area (TPSA) is 72.9 Å². The van der Waals surface area contributed by atoms with Crippen LogP contribution in [0.4, 0.5) is 0 Å². The lowest BCUT2D eigenvalue weighted by Gasteiger charge is -2.16. The number of nitrogens with one attached hydrogen (secondary N) is 1. The molecule has 0 bridgehead atoms. The highest BCUT2D eigenvalue weighted by Gasteiger charge is 2.13. The molecule has 5 nitrogen and oxygen atoms in total. The van der Waals surface area contributed by atoms with E-state index >= 15 is 0 Å². The van der Waals surface area contributed by atoms with Crippen LogP contribution in [0.15, 0.2) is 12.5 Å². The van der Waals surface area contributed by atoms with Gasteiger partial charge >= 0.3 is 0 Å². The van der Waals surface area contributed by atoms with Gasteiger partial charge in [0.1, 0.15) is 0 Å². The van der Waals surface area contributed by atoms with Gasteiger partial charge in [-0.3, -0.25) is 4.79 Å². The Labute approximate surface area is 109 Å². The van der Waals surface area contributed by atoms with Gasteiger partial charge < -0.3 is 15.6 Å². The van der Waals surface area contributed by atoms with Crippen LogP contribution < -0.4 is 11.1 Å². The first-order valence-electron chi connectivity index (χ1n) is 6.56. The van der Waals surface area contributed by atoms with Crippen LogP contribution in [-0.4, -0.2) is 22.0 Å². The quantitative estimate of drug-likeness (QED) is 0.771. The van der Waals surface area contributed by atoms with Crippen LogP contribution in [0.25, 0.3) is 0 Å². The van der Waals surface area contributed by atoms with Gasteiger partial charge in [0, 0.05) is 31.7 Å². The van der Waals surface area contributed by atoms with Gasteiger partial charge in [-0.05, 0) is 19.3 Å². The lowest BCUT2D eigenvalue weighted by atomic mass is 10.0. The number of hydrogen-bond acceptors (Lipinski definition) is 3. The molecule has 0 fully saturated rings. The fourth-order valence-corrected chi connectivity index (χ4v) is 1.96. The third-order valence-electron chi connectivity index (χ3n) is 2.80. The van der Waals surface area contributed by atoms with Crippen molar-refractivity contribution in [1.29, 1.82) is 0 Å². The summed E-state index contributed by atoms with van der Waals surface area (Å²) >= 11 is 0. The molecule has 1 heterocycles. The van der Waals surface area contributed by atoms with Gasteiger partial charge in [-0.15, -0.1) is 0 Å². The molecule has 18 heavy (non-hydrogen) atoms. The largest absolute Gasteiger partial charge is 0.356 e. The summed E-state index contributed by atoms with van der Waals surface area (Å²) in [5.74, 6) is 0.612. The normalized spacial score (nSPS) is 12.7. The predicted octanol–water partition coefficient (Wildman–Crippen LogP) is 1.46. The van der Waals surface area contributed by atoms with Gasteiger partial charge in [-0.25, -0.2) is 4.98 Å². The standard InChI is InChI=1S/C13H24N4O/c1-4-16-13(18)5-6-17-9-15-8-12(17)11(14)7-10(2)3/h8-11H,4-7,14H2,1-3H3,(H,16,18). The van der Waals surface area contributed by atoms with Crippen molar-refractivity contribution in [2.24, 2.45) is 11.7 Å². The maximum absolute atomic E-state index is 11.4. The van der Waals surface area contributed by atoms with Crippen LogP contribution in [0.3, 0.4) is 0 Å². The number of carbonyl (C=O) groups excluding carboxylic acids is 1. The Bertz CT molecular complexity index is 373. The van der Waals surface area contributed by atoms with Crippen LogP contribution in [0.5, 0.6) is 0 Å². The van der Waals surface area contributed by atoms with Crippen LogP contribution >= 0.6 is 0 Å². The van der Waals surface area contributed by atoms with Crippen molar-refractivity contribution < 1.29 is 4.79 Å². The Morgan fingerprint density at radius 1 is 1.56 bits per heavy atom. The third-order valence-corrected chi connectivity index (χ3v) is 2.80. The molecule has 0 aliphatic heterocycles. The third kappa shape index (κ3) is 4.49. The molecule has 0 saturated heterocycles. The molecule has 1 amide bonds. The molecule has 0 saturated carbocycles. The highest BCUT2D eigenvalue weighted by Crippen LogP contribution is 2.18. The first-order chi connectivity index (χ1) is 8.54. The first kappa shape index (κ1) is 14.7. The smallest absolute Gasteiger partial charge is 0.221 e. The molecule has 102 valence electrons. The molecule has 1 atom stereocenters. The van der Waals surface area contributed by atoms with E-state index in [4.69, 9.17) is 5.73 Å². The molecule has 1 aromatic rings. The Kier molecular flexibility index (Phi) is 5.85. The molecular formula is C13H24N4O. The number of hydrogen-bond donors (Lipinski definition) is 2. The summed E-state index contributed by atoms with van der Waals surface area (Å²) in [5, 5.41) is 2.78. The summed E-state index contributed by atoms with van der Waals surface area (Å²) in [5.41, 5.74) is 7.15. The summed E-state index contributed by atoms with van der Waals surface area (Å²) in [6.07, 6.45) is 4.93. The molecule has 0 aliphatic rings. The van der Waals surface area contributed by atoms with E-state index < -0.39 is 0 Å². The van der Waals surface area contributed by atoms with E-state index in [9.17, 15) is 4.79 Å². The van der Waals surface area contributed by atoms with E-state index in [2.05, 4.69) is 24.1 Å². The van der Waals surface area contributed by atoms with E-state index in [1.807, 2.05) is 11.5 Å². The monoisotopic (exact) mass is 252 g/mol. The van der Waals surface area contributed by atoms with Crippen molar-refractivity contribution in [2.75, 3.05) is 6.54 Å². The fourth-order valence-electron chi connectivity index (χ4n) is 1.96. The summed E-state index contributed by atoms with van der Waals surface area (Å²) in [6.45, 7) is 7.51. The molecule has 0 aromatic carbocycles. The number of carbonyl (C=O) groups is 1. The van der Waals surface area contributed by atoms with Crippen molar-refractivity contribution >= 4 is 5.91 Å². The molecule has 0 spiro atoms. The Morgan fingerprint density at radius 2 is 2.28 bits per heavy atom. The van der Waals surface area contributed by atoms with E-state index in [0.717, 1.165) is 12.1 Å². The number of aryl methyl sites for hydroxylation is 1. The van der Waals surface area contributed by atoms with Gasteiger partial charge in [0.25, 0.3) is 0 Å². The predicted molar refractivity (Wildman–Crippen MR) is 71.9 cm³/mol. The number of imidazole rings is 1. The number of amides is 1. The maximum Gasteiger partial charge on any atom is 0.221 e. The average Bonchev–Trinajstić information content (AvgIpc) is 2.74. The van der Waals surface area contributed by atoms with Gasteiger partial charge in [0.2, 0.25) is 5.91 Å². The molecule has 1 rings (SSSR count). The first-order valence-corrected chi connectivity index (χ1v) is 6.56. The number of nitrogens with zero attached hydrogens (tertiary/aromatic N) is 2. The molecule has 3 N–H and O–H groups in total. The Balaban J connectivity index is 2.56. The fraction of sp³-hybridized carbons (Fsp3) is 0.692. The second-order valence-electron chi connectivity index (χ2n) is 4.95. The average molecular weight is 252 g/mol. The number of aromatic nitrogens is 2. The zero-order valence-electron chi connectivity index (χ0n) is 11.5. The van der Waals surface area contributed by atoms with E-state index in [1.165, 1.54) is 0 Å². The number of rotatable bonds is 7. The Hall–Kier alpha value is -1.36. The zero-order valence-corrected chi connectivity index (χ0v) is 11.5. The van der Waals surface area contributed by atoms with Crippen LogP contribution in [0.1, 0.15) is 45.3 Å². The van der Waals surface area contributed by atoms with Crippen LogP contribution in [0.2, 0.25) is 0 Å². The summed E-state index contributed by atoms with van der Waals surface area (Å²) < 4.78 is 1.97. The van der Waals surface area contributed by atoms with Gasteiger partial charge in [0.05, 0.1) is 12.0 Å². The van der Waals surface area contributed by atoms with E-state index in [-0.39, 0.29) is 11.9 Å². The summed E-state index contributed by atoms with van der Waals surface area (Å²) in [7, 11) is 0. The molecule has 1 aromatic heterocycles. The SMILES string of the molecule is CCNC(=O)CCn1cncc1C(N)CC(C)C. The highest BCUT2D eigenvalue weighted by atomic mass is 16.1. The van der Waals surface area contributed by atoms with Gasteiger partial charge in [-0.1, -0.05) is 13.8 Å². The lowest BCUT2D eigenvalue weighted by molar-refractivity contribution is -0.121. The minimum atomic E-state index is -0.0123. The second kappa shape index (κ2) is 7.16. The van der Waals surface area contributed by atoms with Crippen LogP contribution in [0, 0.1) is 5.92 Å². The van der Waals surface area contributed by atoms with Crippen LogP contribution in [-0.2, 0) is 11.3 Å². The zero-order chi connectivity index (χ0) is 13.5.